The summed E-state index contributed by atoms with van der Waals surface area (Å²) in [6, 6.07) is 6.95. The molecule has 0 saturated heterocycles. The number of nitrogens with zero attached hydrogens (tertiary/aromatic N) is 2. The Morgan fingerprint density at radius 1 is 1.42 bits per heavy atom. The molecule has 0 aromatic heterocycles. The zero-order valence-corrected chi connectivity index (χ0v) is 11.9. The Balaban J connectivity index is 2.76. The minimum Gasteiger partial charge on any atom is -0.343 e. The summed E-state index contributed by atoms with van der Waals surface area (Å²) in [7, 11) is 0. The van der Waals surface area contributed by atoms with Crippen molar-refractivity contribution < 1.29 is 9.59 Å². The molecule has 4 nitrogen and oxygen atoms in total. The summed E-state index contributed by atoms with van der Waals surface area (Å²) < 4.78 is 0. The van der Waals surface area contributed by atoms with E-state index in [0.29, 0.717) is 36.3 Å². The molecule has 0 fully saturated rings. The maximum Gasteiger partial charge on any atom is 0.232 e. The predicted molar refractivity (Wildman–Crippen MR) is 75.2 cm³/mol. The molecular formula is C14H16N2O2S. The van der Waals surface area contributed by atoms with Crippen LogP contribution in [0, 0.1) is 11.3 Å². The van der Waals surface area contributed by atoms with Crippen molar-refractivity contribution in [3.8, 4) is 6.07 Å². The van der Waals surface area contributed by atoms with Crippen LogP contribution in [0.1, 0.15) is 29.8 Å². The summed E-state index contributed by atoms with van der Waals surface area (Å²) in [5.41, 5.74) is 0.901. The van der Waals surface area contributed by atoms with Crippen LogP contribution in [0.4, 0.5) is 0 Å². The monoisotopic (exact) mass is 276 g/mol. The fourth-order valence-corrected chi connectivity index (χ4v) is 2.53. The standard InChI is InChI=1S/C14H16N2O2S/c1-3-16(4-2)14(18)10-19-13-6-5-11(9-17)7-12(13)8-15/h5-7,9H,3-4,10H2,1-2H3. The Morgan fingerprint density at radius 3 is 2.63 bits per heavy atom. The van der Waals surface area contributed by atoms with E-state index in [0.717, 1.165) is 4.90 Å². The Labute approximate surface area is 117 Å². The third-order valence-electron chi connectivity index (χ3n) is 2.73. The fourth-order valence-electron chi connectivity index (χ4n) is 1.64. The van der Waals surface area contributed by atoms with Crippen LogP contribution in [-0.2, 0) is 4.79 Å². The minimum absolute atomic E-state index is 0.0540. The smallest absolute Gasteiger partial charge is 0.232 e. The molecule has 0 heterocycles. The van der Waals surface area contributed by atoms with E-state index in [1.807, 2.05) is 19.9 Å². The molecule has 19 heavy (non-hydrogen) atoms. The first-order valence-electron chi connectivity index (χ1n) is 6.06. The highest BCUT2D eigenvalue weighted by atomic mass is 32.2. The predicted octanol–water partition coefficient (Wildman–Crippen LogP) is 2.33. The summed E-state index contributed by atoms with van der Waals surface area (Å²) in [6.45, 7) is 5.24. The third kappa shape index (κ3) is 4.11. The highest BCUT2D eigenvalue weighted by Crippen LogP contribution is 2.23. The quantitative estimate of drug-likeness (QED) is 0.591. The molecule has 0 spiro atoms. The van der Waals surface area contributed by atoms with Crippen molar-refractivity contribution >= 4 is 24.0 Å². The Bertz CT molecular complexity index is 505. The number of hydrogen-bond acceptors (Lipinski definition) is 4. The molecule has 0 aliphatic carbocycles. The number of carbonyl (C=O) groups is 2. The molecule has 0 aliphatic heterocycles. The summed E-state index contributed by atoms with van der Waals surface area (Å²) in [5.74, 6) is 0.356. The van der Waals surface area contributed by atoms with Gasteiger partial charge in [-0.15, -0.1) is 11.8 Å². The largest absolute Gasteiger partial charge is 0.343 e. The lowest BCUT2D eigenvalue weighted by Gasteiger charge is -2.18. The summed E-state index contributed by atoms with van der Waals surface area (Å²) in [5, 5.41) is 9.03. The molecule has 1 aromatic carbocycles. The van der Waals surface area contributed by atoms with Crippen LogP contribution in [0.2, 0.25) is 0 Å². The van der Waals surface area contributed by atoms with E-state index in [4.69, 9.17) is 5.26 Å². The van der Waals surface area contributed by atoms with Crippen LogP contribution in [0.5, 0.6) is 0 Å². The van der Waals surface area contributed by atoms with Gasteiger partial charge < -0.3 is 4.90 Å². The first-order valence-corrected chi connectivity index (χ1v) is 7.04. The molecule has 0 unspecified atom stereocenters. The molecule has 0 radical (unpaired) electrons. The van der Waals surface area contributed by atoms with Crippen molar-refractivity contribution in [2.75, 3.05) is 18.8 Å². The van der Waals surface area contributed by atoms with E-state index in [9.17, 15) is 9.59 Å². The summed E-state index contributed by atoms with van der Waals surface area (Å²) >= 11 is 1.33. The number of rotatable bonds is 6. The molecule has 100 valence electrons. The van der Waals surface area contributed by atoms with Gasteiger partial charge in [0.1, 0.15) is 12.4 Å². The van der Waals surface area contributed by atoms with Gasteiger partial charge in [-0.05, 0) is 26.0 Å². The first-order chi connectivity index (χ1) is 9.15. The van der Waals surface area contributed by atoms with Crippen LogP contribution in [0.25, 0.3) is 0 Å². The molecule has 1 rings (SSSR count). The minimum atomic E-state index is 0.0540. The summed E-state index contributed by atoms with van der Waals surface area (Å²) in [6.07, 6.45) is 0.705. The zero-order chi connectivity index (χ0) is 14.3. The van der Waals surface area contributed by atoms with Crippen molar-refractivity contribution in [3.63, 3.8) is 0 Å². The number of carbonyl (C=O) groups excluding carboxylic acids is 2. The second-order valence-corrected chi connectivity index (χ2v) is 4.86. The number of amides is 1. The van der Waals surface area contributed by atoms with Gasteiger partial charge in [0.15, 0.2) is 0 Å². The van der Waals surface area contributed by atoms with Gasteiger partial charge in [-0.2, -0.15) is 5.26 Å². The molecule has 5 heteroatoms. The van der Waals surface area contributed by atoms with E-state index in [1.165, 1.54) is 17.8 Å². The molecule has 0 N–H and O–H groups in total. The third-order valence-corrected chi connectivity index (χ3v) is 3.79. The Kier molecular flexibility index (Phi) is 6.10. The lowest BCUT2D eigenvalue weighted by molar-refractivity contribution is -0.127. The number of benzene rings is 1. The molecule has 0 atom stereocenters. The van der Waals surface area contributed by atoms with Gasteiger partial charge in [-0.1, -0.05) is 6.07 Å². The maximum absolute atomic E-state index is 11.9. The molecule has 1 aromatic rings. The van der Waals surface area contributed by atoms with Gasteiger partial charge in [-0.25, -0.2) is 0 Å². The number of aldehydes is 1. The maximum atomic E-state index is 11.9. The van der Waals surface area contributed by atoms with Crippen LogP contribution in [-0.4, -0.2) is 35.9 Å². The van der Waals surface area contributed by atoms with Crippen LogP contribution in [0.15, 0.2) is 23.1 Å². The van der Waals surface area contributed by atoms with Crippen LogP contribution >= 0.6 is 11.8 Å². The average molecular weight is 276 g/mol. The molecule has 1 amide bonds. The number of hydrogen-bond donors (Lipinski definition) is 0. The van der Waals surface area contributed by atoms with Gasteiger partial charge in [0, 0.05) is 23.5 Å². The van der Waals surface area contributed by atoms with E-state index < -0.39 is 0 Å². The summed E-state index contributed by atoms with van der Waals surface area (Å²) in [4.78, 5) is 25.0. The van der Waals surface area contributed by atoms with Crippen molar-refractivity contribution in [1.29, 1.82) is 5.26 Å². The first kappa shape index (κ1) is 15.3. The van der Waals surface area contributed by atoms with E-state index >= 15 is 0 Å². The van der Waals surface area contributed by atoms with Crippen LogP contribution < -0.4 is 0 Å². The number of thioether (sulfide) groups is 1. The van der Waals surface area contributed by atoms with Crippen molar-refractivity contribution in [2.45, 2.75) is 18.7 Å². The SMILES string of the molecule is CCN(CC)C(=O)CSc1ccc(C=O)cc1C#N. The Hall–Kier alpha value is -1.80. The molecule has 0 saturated carbocycles. The van der Waals surface area contributed by atoms with E-state index in [1.54, 1.807) is 17.0 Å². The molecule has 0 aliphatic rings. The lowest BCUT2D eigenvalue weighted by Crippen LogP contribution is -2.31. The van der Waals surface area contributed by atoms with E-state index in [2.05, 4.69) is 0 Å². The Morgan fingerprint density at radius 2 is 2.11 bits per heavy atom. The normalized spacial score (nSPS) is 9.74. The highest BCUT2D eigenvalue weighted by Gasteiger charge is 2.11. The molecular weight excluding hydrogens is 260 g/mol. The fraction of sp³-hybridized carbons (Fsp3) is 0.357. The topological polar surface area (TPSA) is 61.2 Å². The van der Waals surface area contributed by atoms with Gasteiger partial charge in [0.25, 0.3) is 0 Å². The van der Waals surface area contributed by atoms with Crippen molar-refractivity contribution in [3.05, 3.63) is 29.3 Å². The lowest BCUT2D eigenvalue weighted by atomic mass is 10.1. The number of nitriles is 1. The van der Waals surface area contributed by atoms with Crippen LogP contribution in [0.3, 0.4) is 0 Å². The van der Waals surface area contributed by atoms with Gasteiger partial charge >= 0.3 is 0 Å². The van der Waals surface area contributed by atoms with Gasteiger partial charge in [0.05, 0.1) is 11.3 Å². The van der Waals surface area contributed by atoms with Gasteiger partial charge in [-0.3, -0.25) is 9.59 Å². The molecule has 0 bridgehead atoms. The van der Waals surface area contributed by atoms with Gasteiger partial charge in [0.2, 0.25) is 5.91 Å². The zero-order valence-electron chi connectivity index (χ0n) is 11.0. The average Bonchev–Trinajstić information content (AvgIpc) is 2.46. The second-order valence-electron chi connectivity index (χ2n) is 3.84. The van der Waals surface area contributed by atoms with Crippen molar-refractivity contribution in [1.82, 2.24) is 4.90 Å². The second kappa shape index (κ2) is 7.59. The van der Waals surface area contributed by atoms with E-state index in [-0.39, 0.29) is 5.91 Å². The highest BCUT2D eigenvalue weighted by molar-refractivity contribution is 8.00. The van der Waals surface area contributed by atoms with Crippen molar-refractivity contribution in [2.24, 2.45) is 0 Å².